The average Bonchev–Trinajstić information content (AvgIpc) is 2.85. The molecular formula is C11H14ClN3O3S. The number of aryl methyl sites for hydroxylation is 1. The summed E-state index contributed by atoms with van der Waals surface area (Å²) < 4.78 is 0. The summed E-state index contributed by atoms with van der Waals surface area (Å²) in [6, 6.07) is 4.46. The molecule has 1 unspecified atom stereocenters. The molecule has 1 aromatic rings. The third kappa shape index (κ3) is 3.82. The van der Waals surface area contributed by atoms with Crippen LogP contribution in [-0.4, -0.2) is 28.5 Å². The Morgan fingerprint density at radius 2 is 2.32 bits per heavy atom. The summed E-state index contributed by atoms with van der Waals surface area (Å²) in [6.45, 7) is 1.67. The van der Waals surface area contributed by atoms with Crippen LogP contribution in [0.2, 0.25) is 0 Å². The normalized spacial score (nSPS) is 17.6. The number of nitrogens with zero attached hydrogens (tertiary/aromatic N) is 1. The molecule has 0 bridgehead atoms. The van der Waals surface area contributed by atoms with Crippen LogP contribution in [0.3, 0.4) is 0 Å². The Morgan fingerprint density at radius 3 is 2.89 bits per heavy atom. The quantitative estimate of drug-likeness (QED) is 0.658. The van der Waals surface area contributed by atoms with E-state index in [4.69, 9.17) is 0 Å². The topological polar surface area (TPSA) is 84.3 Å². The fourth-order valence-electron chi connectivity index (χ4n) is 1.68. The zero-order valence-corrected chi connectivity index (χ0v) is 11.8. The summed E-state index contributed by atoms with van der Waals surface area (Å²) in [5.41, 5.74) is 1.05. The molecule has 8 heteroatoms. The highest BCUT2D eigenvalue weighted by atomic mass is 35.5. The molecule has 1 heterocycles. The maximum atomic E-state index is 11.8. The number of amides is 1. The van der Waals surface area contributed by atoms with Crippen molar-refractivity contribution in [3.8, 4) is 0 Å². The van der Waals surface area contributed by atoms with Crippen molar-refractivity contribution in [2.45, 2.75) is 13.0 Å². The molecule has 1 saturated heterocycles. The number of nitro groups is 1. The monoisotopic (exact) mass is 303 g/mol. The Bertz CT molecular complexity index is 492. The van der Waals surface area contributed by atoms with Crippen LogP contribution in [0.5, 0.6) is 0 Å². The van der Waals surface area contributed by atoms with Crippen LogP contribution in [0.15, 0.2) is 18.2 Å². The highest BCUT2D eigenvalue weighted by Gasteiger charge is 2.23. The van der Waals surface area contributed by atoms with E-state index in [9.17, 15) is 14.9 Å². The molecule has 1 aliphatic heterocycles. The van der Waals surface area contributed by atoms with Gasteiger partial charge in [0.15, 0.2) is 0 Å². The lowest BCUT2D eigenvalue weighted by Crippen LogP contribution is -2.37. The average molecular weight is 304 g/mol. The first-order chi connectivity index (χ1) is 8.58. The summed E-state index contributed by atoms with van der Waals surface area (Å²) in [5.74, 6) is 1.32. The second kappa shape index (κ2) is 6.74. The predicted octanol–water partition coefficient (Wildman–Crippen LogP) is 1.93. The molecule has 1 atom stereocenters. The van der Waals surface area contributed by atoms with Gasteiger partial charge in [0.25, 0.3) is 5.69 Å². The molecule has 19 heavy (non-hydrogen) atoms. The lowest BCUT2D eigenvalue weighted by molar-refractivity contribution is -0.385. The summed E-state index contributed by atoms with van der Waals surface area (Å²) >= 11 is 1.65. The van der Waals surface area contributed by atoms with Crippen molar-refractivity contribution < 1.29 is 9.72 Å². The molecule has 1 fully saturated rings. The van der Waals surface area contributed by atoms with Crippen molar-refractivity contribution in [2.75, 3.05) is 16.9 Å². The smallest absolute Gasteiger partial charge is 0.274 e. The molecule has 2 rings (SSSR count). The highest BCUT2D eigenvalue weighted by molar-refractivity contribution is 7.99. The van der Waals surface area contributed by atoms with E-state index < -0.39 is 4.92 Å². The van der Waals surface area contributed by atoms with Crippen LogP contribution in [-0.2, 0) is 4.79 Å². The third-order valence-electron chi connectivity index (χ3n) is 2.71. The first-order valence-electron chi connectivity index (χ1n) is 5.45. The number of nitro benzene ring substituents is 1. The third-order valence-corrected chi connectivity index (χ3v) is 3.65. The van der Waals surface area contributed by atoms with Gasteiger partial charge < -0.3 is 5.32 Å². The lowest BCUT2D eigenvalue weighted by Gasteiger charge is -2.10. The van der Waals surface area contributed by atoms with E-state index in [1.807, 2.05) is 0 Å². The minimum absolute atomic E-state index is 0. The van der Waals surface area contributed by atoms with Crippen molar-refractivity contribution in [1.29, 1.82) is 0 Å². The summed E-state index contributed by atoms with van der Waals surface area (Å²) in [6.07, 6.45) is 0. The van der Waals surface area contributed by atoms with Gasteiger partial charge in [-0.1, -0.05) is 6.07 Å². The Kier molecular flexibility index (Phi) is 5.59. The van der Waals surface area contributed by atoms with Crippen LogP contribution < -0.4 is 10.6 Å². The van der Waals surface area contributed by atoms with E-state index >= 15 is 0 Å². The van der Waals surface area contributed by atoms with Gasteiger partial charge in [-0.05, 0) is 13.0 Å². The second-order valence-corrected chi connectivity index (χ2v) is 5.05. The van der Waals surface area contributed by atoms with Crippen LogP contribution in [0.25, 0.3) is 0 Å². The van der Waals surface area contributed by atoms with Gasteiger partial charge in [-0.3, -0.25) is 20.2 Å². The summed E-state index contributed by atoms with van der Waals surface area (Å²) in [5, 5.41) is 16.5. The molecule has 1 aromatic carbocycles. The summed E-state index contributed by atoms with van der Waals surface area (Å²) in [7, 11) is 0. The molecule has 1 amide bonds. The molecule has 0 aliphatic carbocycles. The fraction of sp³-hybridized carbons (Fsp3) is 0.364. The van der Waals surface area contributed by atoms with E-state index in [0.717, 1.165) is 11.6 Å². The number of nitrogens with one attached hydrogen (secondary N) is 2. The molecule has 0 aromatic heterocycles. The van der Waals surface area contributed by atoms with Crippen molar-refractivity contribution in [3.05, 3.63) is 33.9 Å². The van der Waals surface area contributed by atoms with Crippen molar-refractivity contribution in [3.63, 3.8) is 0 Å². The van der Waals surface area contributed by atoms with Gasteiger partial charge in [-0.15, -0.1) is 24.2 Å². The van der Waals surface area contributed by atoms with Gasteiger partial charge in [-0.2, -0.15) is 0 Å². The molecule has 2 N–H and O–H groups in total. The van der Waals surface area contributed by atoms with Gasteiger partial charge in [0, 0.05) is 28.9 Å². The number of carbonyl (C=O) groups is 1. The van der Waals surface area contributed by atoms with Crippen LogP contribution in [0, 0.1) is 17.0 Å². The molecule has 104 valence electrons. The Morgan fingerprint density at radius 1 is 1.58 bits per heavy atom. The standard InChI is InChI=1S/C11H13N3O3S.ClH/c1-7-2-3-8(4-10(7)14(16)17)13-11(15)9-5-18-6-12-9;/h2-4,9,12H,5-6H2,1H3,(H,13,15);1H. The Labute approximate surface area is 120 Å². The van der Waals surface area contributed by atoms with Gasteiger partial charge in [0.2, 0.25) is 5.91 Å². The van der Waals surface area contributed by atoms with Crippen LogP contribution in [0.1, 0.15) is 5.56 Å². The number of rotatable bonds is 3. The SMILES string of the molecule is Cc1ccc(NC(=O)C2CSCN2)cc1[N+](=O)[O-].Cl. The number of carbonyl (C=O) groups excluding carboxylic acids is 1. The predicted molar refractivity (Wildman–Crippen MR) is 78.0 cm³/mol. The fourth-order valence-corrected chi connectivity index (χ4v) is 2.62. The number of benzene rings is 1. The van der Waals surface area contributed by atoms with Gasteiger partial charge in [0.1, 0.15) is 0 Å². The summed E-state index contributed by atoms with van der Waals surface area (Å²) in [4.78, 5) is 22.2. The van der Waals surface area contributed by atoms with E-state index in [1.165, 1.54) is 6.07 Å². The minimum atomic E-state index is -0.450. The van der Waals surface area contributed by atoms with Gasteiger partial charge in [-0.25, -0.2) is 0 Å². The van der Waals surface area contributed by atoms with Crippen molar-refractivity contribution in [2.24, 2.45) is 0 Å². The van der Waals surface area contributed by atoms with Crippen molar-refractivity contribution in [1.82, 2.24) is 5.32 Å². The maximum Gasteiger partial charge on any atom is 0.274 e. The highest BCUT2D eigenvalue weighted by Crippen LogP contribution is 2.22. The number of hydrogen-bond acceptors (Lipinski definition) is 5. The van der Waals surface area contributed by atoms with E-state index in [1.54, 1.807) is 30.8 Å². The van der Waals surface area contributed by atoms with Crippen LogP contribution in [0.4, 0.5) is 11.4 Å². The van der Waals surface area contributed by atoms with E-state index in [-0.39, 0.29) is 30.0 Å². The molecular weight excluding hydrogens is 290 g/mol. The van der Waals surface area contributed by atoms with Crippen molar-refractivity contribution >= 4 is 41.5 Å². The van der Waals surface area contributed by atoms with Gasteiger partial charge in [0.05, 0.1) is 11.0 Å². The van der Waals surface area contributed by atoms with E-state index in [2.05, 4.69) is 10.6 Å². The Hall–Kier alpha value is -1.31. The lowest BCUT2D eigenvalue weighted by atomic mass is 10.2. The zero-order valence-electron chi connectivity index (χ0n) is 10.2. The van der Waals surface area contributed by atoms with E-state index in [0.29, 0.717) is 11.3 Å². The molecule has 0 saturated carbocycles. The minimum Gasteiger partial charge on any atom is -0.324 e. The maximum absolute atomic E-state index is 11.8. The zero-order chi connectivity index (χ0) is 13.1. The molecule has 0 spiro atoms. The van der Waals surface area contributed by atoms with Gasteiger partial charge >= 0.3 is 0 Å². The second-order valence-electron chi connectivity index (χ2n) is 4.02. The first kappa shape index (κ1) is 15.7. The number of halogens is 1. The molecule has 1 aliphatic rings. The molecule has 0 radical (unpaired) electrons. The Balaban J connectivity index is 0.00000180. The van der Waals surface area contributed by atoms with Crippen LogP contribution >= 0.6 is 24.2 Å². The number of thioether (sulfide) groups is 1. The first-order valence-corrected chi connectivity index (χ1v) is 6.60. The molecule has 6 nitrogen and oxygen atoms in total. The number of hydrogen-bond donors (Lipinski definition) is 2. The largest absolute Gasteiger partial charge is 0.324 e. The number of anilines is 1.